The van der Waals surface area contributed by atoms with Gasteiger partial charge in [0.05, 0.1) is 16.8 Å². The Balaban J connectivity index is 1.43. The van der Waals surface area contributed by atoms with Crippen molar-refractivity contribution in [3.8, 4) is 5.69 Å². The van der Waals surface area contributed by atoms with Crippen LogP contribution in [0.1, 0.15) is 86.5 Å². The highest BCUT2D eigenvalue weighted by Gasteiger charge is 2.75. The fourth-order valence-corrected chi connectivity index (χ4v) is 11.2. The van der Waals surface area contributed by atoms with Crippen LogP contribution in [0.3, 0.4) is 0 Å². The molecule has 1 aromatic heterocycles. The van der Waals surface area contributed by atoms with Gasteiger partial charge in [-0.2, -0.15) is 0 Å². The molecule has 8 rings (SSSR count). The number of hydrogen-bond acceptors (Lipinski definition) is 5. The number of para-hydroxylation sites is 1. The Morgan fingerprint density at radius 1 is 0.911 bits per heavy atom. The maximum absolute atomic E-state index is 14.8. The summed E-state index contributed by atoms with van der Waals surface area (Å²) in [6, 6.07) is 9.24. The summed E-state index contributed by atoms with van der Waals surface area (Å²) >= 11 is 0. The molecule has 0 amide bonds. The second-order valence-corrected chi connectivity index (χ2v) is 15.5. The highest BCUT2D eigenvalue weighted by atomic mass is 16.5. The average molecular weight is 614 g/mol. The minimum Gasteiger partial charge on any atom is -0.462 e. The van der Waals surface area contributed by atoms with Gasteiger partial charge in [-0.05, 0) is 85.8 Å². The third-order valence-electron chi connectivity index (χ3n) is 13.2. The molecule has 3 heterocycles. The Morgan fingerprint density at radius 3 is 2.31 bits per heavy atom. The largest absolute Gasteiger partial charge is 0.462 e. The molecular formula is C37H47N3O5. The highest BCUT2D eigenvalue weighted by molar-refractivity contribution is 5.91. The first-order chi connectivity index (χ1) is 21.3. The first-order valence-corrected chi connectivity index (χ1v) is 16.9. The van der Waals surface area contributed by atoms with E-state index in [1.54, 1.807) is 10.8 Å². The molecule has 2 spiro atoms. The lowest BCUT2D eigenvalue weighted by molar-refractivity contribution is -0.204. The summed E-state index contributed by atoms with van der Waals surface area (Å²) < 4.78 is 10.8. The van der Waals surface area contributed by atoms with E-state index >= 15 is 0 Å². The minimum absolute atomic E-state index is 0.0292. The second kappa shape index (κ2) is 10.0. The normalized spacial score (nSPS) is 38.5. The van der Waals surface area contributed by atoms with Crippen molar-refractivity contribution in [2.45, 2.75) is 104 Å². The Morgan fingerprint density at radius 2 is 1.62 bits per heavy atom. The molecule has 6 aliphatic rings. The van der Waals surface area contributed by atoms with Crippen LogP contribution in [0.5, 0.6) is 0 Å². The zero-order valence-electron chi connectivity index (χ0n) is 27.5. The van der Waals surface area contributed by atoms with Gasteiger partial charge in [0, 0.05) is 24.7 Å². The molecule has 3 saturated carbocycles. The van der Waals surface area contributed by atoms with E-state index in [1.807, 2.05) is 48.9 Å². The van der Waals surface area contributed by atoms with Gasteiger partial charge < -0.3 is 4.74 Å². The number of carbonyl (C=O) groups excluding carboxylic acids is 2. The lowest BCUT2D eigenvalue weighted by atomic mass is 9.40. The molecule has 0 saturated heterocycles. The number of esters is 1. The van der Waals surface area contributed by atoms with E-state index in [0.29, 0.717) is 18.0 Å². The van der Waals surface area contributed by atoms with Crippen molar-refractivity contribution in [3.05, 3.63) is 75.6 Å². The molecule has 1 aromatic carbocycles. The Hall–Kier alpha value is -3.42. The third-order valence-corrected chi connectivity index (χ3v) is 13.2. The van der Waals surface area contributed by atoms with Crippen molar-refractivity contribution in [1.82, 2.24) is 13.9 Å². The summed E-state index contributed by atoms with van der Waals surface area (Å²) in [5.74, 6) is 0.681. The summed E-state index contributed by atoms with van der Waals surface area (Å²) in [5, 5.41) is 0. The molecule has 4 aliphatic carbocycles. The van der Waals surface area contributed by atoms with Crippen LogP contribution in [0.15, 0.2) is 64.2 Å². The Kier molecular flexibility index (Phi) is 6.75. The molecule has 9 atom stereocenters. The predicted molar refractivity (Wildman–Crippen MR) is 172 cm³/mol. The molecular weight excluding hydrogens is 566 g/mol. The number of aromatic nitrogens is 3. The predicted octanol–water partition coefficient (Wildman–Crippen LogP) is 5.76. The van der Waals surface area contributed by atoms with Crippen molar-refractivity contribution in [2.24, 2.45) is 40.4 Å². The molecule has 2 unspecified atom stereocenters. The van der Waals surface area contributed by atoms with Crippen LogP contribution >= 0.6 is 0 Å². The first-order valence-electron chi connectivity index (χ1n) is 16.9. The van der Waals surface area contributed by atoms with Crippen molar-refractivity contribution in [3.63, 3.8) is 0 Å². The van der Waals surface area contributed by atoms with E-state index in [0.717, 1.165) is 38.5 Å². The van der Waals surface area contributed by atoms with Gasteiger partial charge in [-0.1, -0.05) is 71.0 Å². The number of allylic oxidation sites excluding steroid dienone is 4. The smallest absolute Gasteiger partial charge is 0.352 e. The molecule has 2 aromatic rings. The number of nitrogens with zero attached hydrogens (tertiary/aromatic N) is 3. The Bertz CT molecular complexity index is 1730. The van der Waals surface area contributed by atoms with Crippen molar-refractivity contribution >= 4 is 11.8 Å². The van der Waals surface area contributed by atoms with E-state index in [2.05, 4.69) is 39.0 Å². The quantitative estimate of drug-likeness (QED) is 0.235. The van der Waals surface area contributed by atoms with Crippen LogP contribution < -0.4 is 11.4 Å². The number of ether oxygens (including phenoxy) is 1. The number of carbonyl (C=O) groups is 2. The van der Waals surface area contributed by atoms with E-state index in [1.165, 1.54) is 11.5 Å². The van der Waals surface area contributed by atoms with Crippen molar-refractivity contribution in [2.75, 3.05) is 0 Å². The van der Waals surface area contributed by atoms with Crippen LogP contribution in [0, 0.1) is 40.4 Å². The van der Waals surface area contributed by atoms with Gasteiger partial charge in [0.25, 0.3) is 0 Å². The van der Waals surface area contributed by atoms with Crippen LogP contribution in [-0.2, 0) is 25.4 Å². The summed E-state index contributed by atoms with van der Waals surface area (Å²) in [5.41, 5.74) is -1.87. The third kappa shape index (κ3) is 3.83. The number of rotatable bonds is 6. The van der Waals surface area contributed by atoms with Gasteiger partial charge in [0.1, 0.15) is 6.10 Å². The zero-order chi connectivity index (χ0) is 32.1. The summed E-state index contributed by atoms with van der Waals surface area (Å²) in [6.07, 6.45) is 14.1. The highest BCUT2D eigenvalue weighted by Crippen LogP contribution is 2.74. The molecule has 2 bridgehead atoms. The minimum atomic E-state index is -0.785. The first kappa shape index (κ1) is 30.2. The fraction of sp³-hybridized carbons (Fsp3) is 0.622. The van der Waals surface area contributed by atoms with Crippen LogP contribution in [0.2, 0.25) is 0 Å². The lowest BCUT2D eigenvalue weighted by Gasteiger charge is -2.71. The van der Waals surface area contributed by atoms with E-state index in [-0.39, 0.29) is 63.7 Å². The van der Waals surface area contributed by atoms with Gasteiger partial charge >= 0.3 is 17.3 Å². The lowest BCUT2D eigenvalue weighted by Crippen LogP contribution is -2.76. The van der Waals surface area contributed by atoms with E-state index in [4.69, 9.17) is 4.74 Å². The fourth-order valence-electron chi connectivity index (χ4n) is 11.2. The second-order valence-electron chi connectivity index (χ2n) is 15.5. The molecule has 3 fully saturated rings. The maximum atomic E-state index is 14.8. The van der Waals surface area contributed by atoms with Crippen LogP contribution in [0.25, 0.3) is 5.69 Å². The SMILES string of the molecule is CC(=O)O[C@H]1CC[C@]2(C)C3CC[C@@]4(C)C(CC[C@@H]4[C@H](C)/C=C/C(=O)C(C)C)[C@]34C=C[C@@]2(C1)n1c(=O)n(-c2ccccc2)c(=O)n14. The topological polar surface area (TPSA) is 92.3 Å². The maximum Gasteiger partial charge on any atom is 0.352 e. The van der Waals surface area contributed by atoms with Gasteiger partial charge in [-0.15, -0.1) is 0 Å². The van der Waals surface area contributed by atoms with Crippen molar-refractivity contribution < 1.29 is 14.3 Å². The summed E-state index contributed by atoms with van der Waals surface area (Å²) in [6.45, 7) is 12.3. The standard InChI is InChI=1S/C37H47N3O5/c1-23(2)29(42)14-12-24(3)28-13-15-30-34(28,5)18-17-31-35(6)19-16-27(45-25(4)41)22-36(35)20-21-37(30,31)40-33(44)38(32(43)39(36)40)26-10-8-7-9-11-26/h7-12,14,20-21,23-24,27-28,30-31H,13,15-19,22H2,1-6H3/b14-12+/t24-,27+,28-,30?,31?,34-,35-,36+,37-/m1/s1. The molecule has 45 heavy (non-hydrogen) atoms. The molecule has 0 N–H and O–H groups in total. The zero-order valence-corrected chi connectivity index (χ0v) is 27.5. The van der Waals surface area contributed by atoms with Crippen LogP contribution in [-0.4, -0.2) is 31.8 Å². The molecule has 8 nitrogen and oxygen atoms in total. The van der Waals surface area contributed by atoms with E-state index < -0.39 is 11.1 Å². The van der Waals surface area contributed by atoms with Gasteiger partial charge in [-0.3, -0.25) is 9.59 Å². The monoisotopic (exact) mass is 613 g/mol. The number of ketones is 1. The van der Waals surface area contributed by atoms with Crippen molar-refractivity contribution in [1.29, 1.82) is 0 Å². The van der Waals surface area contributed by atoms with Gasteiger partial charge in [0.2, 0.25) is 0 Å². The van der Waals surface area contributed by atoms with Crippen LogP contribution in [0.4, 0.5) is 0 Å². The summed E-state index contributed by atoms with van der Waals surface area (Å²) in [4.78, 5) is 54.1. The van der Waals surface area contributed by atoms with Gasteiger partial charge in [-0.25, -0.2) is 23.5 Å². The molecule has 0 radical (unpaired) electrons. The molecule has 2 aliphatic heterocycles. The number of benzene rings is 1. The number of hydrogen-bond donors (Lipinski definition) is 0. The summed E-state index contributed by atoms with van der Waals surface area (Å²) in [7, 11) is 0. The molecule has 240 valence electrons. The average Bonchev–Trinajstić information content (AvgIpc) is 3.50. The number of fused-ring (bicyclic) bond motifs is 1. The Labute approximate surface area is 265 Å². The van der Waals surface area contributed by atoms with E-state index in [9.17, 15) is 19.2 Å². The molecule has 8 heteroatoms. The van der Waals surface area contributed by atoms with Gasteiger partial charge in [0.15, 0.2) is 5.78 Å².